The quantitative estimate of drug-likeness (QED) is 0.376. The van der Waals surface area contributed by atoms with E-state index in [0.717, 1.165) is 5.56 Å². The molecule has 0 unspecified atom stereocenters. The average Bonchev–Trinajstić information content (AvgIpc) is 2.74. The third-order valence-electron chi connectivity index (χ3n) is 4.62. The Morgan fingerprint density at radius 3 is 2.50 bits per heavy atom. The van der Waals surface area contributed by atoms with E-state index >= 15 is 0 Å². The van der Waals surface area contributed by atoms with Crippen molar-refractivity contribution in [3.8, 4) is 11.5 Å². The molecule has 1 saturated heterocycles. The van der Waals surface area contributed by atoms with Gasteiger partial charge in [-0.2, -0.15) is 0 Å². The Morgan fingerprint density at radius 1 is 1.19 bits per heavy atom. The van der Waals surface area contributed by atoms with Crippen LogP contribution in [0.25, 0.3) is 6.08 Å². The lowest BCUT2D eigenvalue weighted by Crippen LogP contribution is -2.54. The van der Waals surface area contributed by atoms with Crippen LogP contribution in [0.1, 0.15) is 25.0 Å². The second kappa shape index (κ2) is 9.61. The molecule has 166 valence electrons. The number of aliphatic carboxylic acids is 1. The normalized spacial score (nSPS) is 16.0. The summed E-state index contributed by atoms with van der Waals surface area (Å²) in [7, 11) is 0. The lowest BCUT2D eigenvalue weighted by molar-refractivity contribution is -0.144. The highest BCUT2D eigenvalue weighted by molar-refractivity contribution is 7.80. The number of hydrogen-bond donors (Lipinski definition) is 2. The van der Waals surface area contributed by atoms with Gasteiger partial charge in [-0.25, -0.2) is 4.79 Å². The van der Waals surface area contributed by atoms with Crippen molar-refractivity contribution in [1.29, 1.82) is 0 Å². The molecule has 1 fully saturated rings. The largest absolute Gasteiger partial charge is 0.490 e. The number of nitrogens with zero attached hydrogens (tertiary/aromatic N) is 1. The highest BCUT2D eigenvalue weighted by Crippen LogP contribution is 2.31. The van der Waals surface area contributed by atoms with Gasteiger partial charge in [0.1, 0.15) is 5.57 Å². The van der Waals surface area contributed by atoms with Gasteiger partial charge in [-0.3, -0.25) is 19.8 Å². The molecule has 2 N–H and O–H groups in total. The van der Waals surface area contributed by atoms with Crippen LogP contribution in [0.2, 0.25) is 0 Å². The van der Waals surface area contributed by atoms with Crippen molar-refractivity contribution >= 4 is 46.9 Å². The molecular weight excluding hydrogens is 432 g/mol. The molecule has 0 saturated carbocycles. The molecular formula is C23H22N2O6S. The fraction of sp³-hybridized carbons (Fsp3) is 0.217. The van der Waals surface area contributed by atoms with Crippen LogP contribution in [0.3, 0.4) is 0 Å². The summed E-state index contributed by atoms with van der Waals surface area (Å²) in [6.45, 7) is 5.41. The van der Waals surface area contributed by atoms with Crippen molar-refractivity contribution in [2.45, 2.75) is 26.9 Å². The number of carbonyl (C=O) groups excluding carboxylic acids is 2. The summed E-state index contributed by atoms with van der Waals surface area (Å²) in [5, 5.41) is 11.6. The lowest BCUT2D eigenvalue weighted by Gasteiger charge is -2.29. The molecule has 2 amide bonds. The molecule has 32 heavy (non-hydrogen) atoms. The van der Waals surface area contributed by atoms with E-state index in [0.29, 0.717) is 23.6 Å². The number of benzene rings is 2. The number of anilines is 1. The molecule has 0 bridgehead atoms. The van der Waals surface area contributed by atoms with Crippen molar-refractivity contribution in [1.82, 2.24) is 5.32 Å². The number of aryl methyl sites for hydroxylation is 1. The zero-order valence-corrected chi connectivity index (χ0v) is 18.6. The molecule has 2 aromatic rings. The summed E-state index contributed by atoms with van der Waals surface area (Å²) in [5.74, 6) is -1.74. The molecule has 1 heterocycles. The SMILES string of the molecule is CCOc1cc(/C=C2\C(=O)NC(=S)N(c3ccc(C)cc3)C2=O)ccc1O[C@H](C)C(=O)O. The van der Waals surface area contributed by atoms with Crippen LogP contribution in [0.4, 0.5) is 5.69 Å². The molecule has 1 aliphatic heterocycles. The molecule has 0 aliphatic carbocycles. The molecule has 0 spiro atoms. The predicted molar refractivity (Wildman–Crippen MR) is 123 cm³/mol. The number of nitrogens with one attached hydrogen (secondary N) is 1. The van der Waals surface area contributed by atoms with E-state index in [9.17, 15) is 14.4 Å². The third kappa shape index (κ3) is 4.94. The van der Waals surface area contributed by atoms with E-state index in [1.54, 1.807) is 31.2 Å². The highest BCUT2D eigenvalue weighted by atomic mass is 32.1. The van der Waals surface area contributed by atoms with Crippen LogP contribution in [0.15, 0.2) is 48.0 Å². The first kappa shape index (κ1) is 23.0. The first-order valence-corrected chi connectivity index (χ1v) is 10.3. The van der Waals surface area contributed by atoms with E-state index in [4.69, 9.17) is 26.8 Å². The lowest BCUT2D eigenvalue weighted by atomic mass is 10.1. The fourth-order valence-corrected chi connectivity index (χ4v) is 3.25. The Bertz CT molecular complexity index is 1110. The maximum atomic E-state index is 13.1. The first-order chi connectivity index (χ1) is 15.2. The number of carboxylic acids is 1. The van der Waals surface area contributed by atoms with Crippen LogP contribution in [0.5, 0.6) is 11.5 Å². The predicted octanol–water partition coefficient (Wildman–Crippen LogP) is 3.08. The molecule has 2 aromatic carbocycles. The maximum absolute atomic E-state index is 13.1. The smallest absolute Gasteiger partial charge is 0.344 e. The van der Waals surface area contributed by atoms with Gasteiger partial charge in [-0.1, -0.05) is 23.8 Å². The Balaban J connectivity index is 1.96. The minimum absolute atomic E-state index is 0.00224. The number of carboxylic acid groups (broad SMARTS) is 1. The van der Waals surface area contributed by atoms with Gasteiger partial charge in [0.15, 0.2) is 22.7 Å². The molecule has 8 nitrogen and oxygen atoms in total. The molecule has 0 aromatic heterocycles. The zero-order chi connectivity index (χ0) is 23.4. The number of carbonyl (C=O) groups is 3. The molecule has 9 heteroatoms. The van der Waals surface area contributed by atoms with Crippen molar-refractivity contribution in [2.75, 3.05) is 11.5 Å². The van der Waals surface area contributed by atoms with Crippen molar-refractivity contribution < 1.29 is 29.0 Å². The van der Waals surface area contributed by atoms with Crippen molar-refractivity contribution in [3.05, 3.63) is 59.2 Å². The number of hydrogen-bond acceptors (Lipinski definition) is 6. The maximum Gasteiger partial charge on any atom is 0.344 e. The minimum Gasteiger partial charge on any atom is -0.490 e. The Morgan fingerprint density at radius 2 is 1.88 bits per heavy atom. The van der Waals surface area contributed by atoms with E-state index < -0.39 is 23.9 Å². The number of amides is 2. The second-order valence-electron chi connectivity index (χ2n) is 7.03. The highest BCUT2D eigenvalue weighted by Gasteiger charge is 2.34. The van der Waals surface area contributed by atoms with Crippen LogP contribution in [-0.4, -0.2) is 40.7 Å². The standard InChI is InChI=1S/C23H22N2O6S/c1-4-30-19-12-15(7-10-18(19)31-14(3)22(28)29)11-17-20(26)24-23(32)25(21(17)27)16-8-5-13(2)6-9-16/h5-12,14H,4H2,1-3H3,(H,28,29)(H,24,26,32)/b17-11+/t14-/m1/s1. The van der Waals surface area contributed by atoms with E-state index in [1.165, 1.54) is 24.0 Å². The molecule has 0 radical (unpaired) electrons. The number of thiocarbonyl (C=S) groups is 1. The summed E-state index contributed by atoms with van der Waals surface area (Å²) in [6, 6.07) is 11.9. The Kier molecular flexibility index (Phi) is 6.89. The van der Waals surface area contributed by atoms with Gasteiger partial charge >= 0.3 is 5.97 Å². The van der Waals surface area contributed by atoms with Crippen LogP contribution < -0.4 is 19.7 Å². The number of ether oxygens (including phenoxy) is 2. The Hall–Kier alpha value is -3.72. The van der Waals surface area contributed by atoms with Gasteiger partial charge in [0.2, 0.25) is 0 Å². The van der Waals surface area contributed by atoms with E-state index in [-0.39, 0.29) is 16.4 Å². The monoisotopic (exact) mass is 454 g/mol. The van der Waals surface area contributed by atoms with Gasteiger partial charge in [0.25, 0.3) is 11.8 Å². The van der Waals surface area contributed by atoms with Gasteiger partial charge in [-0.05, 0) is 68.9 Å². The summed E-state index contributed by atoms with van der Waals surface area (Å²) < 4.78 is 11.0. The summed E-state index contributed by atoms with van der Waals surface area (Å²) >= 11 is 5.21. The van der Waals surface area contributed by atoms with Crippen LogP contribution in [-0.2, 0) is 14.4 Å². The second-order valence-corrected chi connectivity index (χ2v) is 7.42. The fourth-order valence-electron chi connectivity index (χ4n) is 2.97. The number of rotatable bonds is 7. The van der Waals surface area contributed by atoms with Crippen LogP contribution in [0, 0.1) is 6.92 Å². The molecule has 1 aliphatic rings. The summed E-state index contributed by atoms with van der Waals surface area (Å²) in [4.78, 5) is 38.0. The van der Waals surface area contributed by atoms with Gasteiger partial charge in [0.05, 0.1) is 12.3 Å². The van der Waals surface area contributed by atoms with Gasteiger partial charge in [-0.15, -0.1) is 0 Å². The first-order valence-electron chi connectivity index (χ1n) is 9.85. The van der Waals surface area contributed by atoms with Gasteiger partial charge < -0.3 is 14.6 Å². The third-order valence-corrected chi connectivity index (χ3v) is 4.91. The van der Waals surface area contributed by atoms with E-state index in [1.807, 2.05) is 19.1 Å². The zero-order valence-electron chi connectivity index (χ0n) is 17.7. The molecule has 1 atom stereocenters. The van der Waals surface area contributed by atoms with Crippen molar-refractivity contribution in [2.24, 2.45) is 0 Å². The van der Waals surface area contributed by atoms with Gasteiger partial charge in [0, 0.05) is 0 Å². The molecule has 3 rings (SSSR count). The summed E-state index contributed by atoms with van der Waals surface area (Å²) in [5.41, 5.74) is 1.96. The Labute approximate surface area is 190 Å². The minimum atomic E-state index is -1.12. The van der Waals surface area contributed by atoms with Crippen LogP contribution >= 0.6 is 12.2 Å². The van der Waals surface area contributed by atoms with Crippen molar-refractivity contribution in [3.63, 3.8) is 0 Å². The average molecular weight is 455 g/mol. The topological polar surface area (TPSA) is 105 Å². The van der Waals surface area contributed by atoms with E-state index in [2.05, 4.69) is 5.32 Å². The summed E-state index contributed by atoms with van der Waals surface area (Å²) in [6.07, 6.45) is 0.348.